The molecule has 1 N–H and O–H groups in total. The summed E-state index contributed by atoms with van der Waals surface area (Å²) in [6, 6.07) is 6.34. The third kappa shape index (κ3) is 4.65. The Labute approximate surface area is 139 Å². The SMILES string of the molecule is C[C@H](c1cccnc1)N(C)C(=O)NCCOc1ccc(F)cc1F. The smallest absolute Gasteiger partial charge is 0.317 e. The first-order valence-electron chi connectivity index (χ1n) is 7.47. The van der Waals surface area contributed by atoms with Crippen molar-refractivity contribution in [1.82, 2.24) is 15.2 Å². The van der Waals surface area contributed by atoms with Crippen molar-refractivity contribution in [3.8, 4) is 5.75 Å². The molecule has 2 rings (SSSR count). The molecule has 0 spiro atoms. The molecule has 5 nitrogen and oxygen atoms in total. The van der Waals surface area contributed by atoms with Gasteiger partial charge >= 0.3 is 6.03 Å². The quantitative estimate of drug-likeness (QED) is 0.825. The van der Waals surface area contributed by atoms with Crippen molar-refractivity contribution < 1.29 is 18.3 Å². The highest BCUT2D eigenvalue weighted by atomic mass is 19.1. The summed E-state index contributed by atoms with van der Waals surface area (Å²) in [7, 11) is 1.67. The summed E-state index contributed by atoms with van der Waals surface area (Å²) in [4.78, 5) is 17.7. The van der Waals surface area contributed by atoms with Crippen molar-refractivity contribution in [2.75, 3.05) is 20.2 Å². The number of nitrogens with one attached hydrogen (secondary N) is 1. The summed E-state index contributed by atoms with van der Waals surface area (Å²) in [6.45, 7) is 2.16. The van der Waals surface area contributed by atoms with Crippen LogP contribution < -0.4 is 10.1 Å². The van der Waals surface area contributed by atoms with E-state index in [9.17, 15) is 13.6 Å². The van der Waals surface area contributed by atoms with Gasteiger partial charge in [0.2, 0.25) is 0 Å². The maximum absolute atomic E-state index is 13.4. The Balaban J connectivity index is 1.78. The number of carbonyl (C=O) groups excluding carboxylic acids is 1. The van der Waals surface area contributed by atoms with Gasteiger partial charge in [0.25, 0.3) is 0 Å². The van der Waals surface area contributed by atoms with E-state index in [1.165, 1.54) is 11.0 Å². The van der Waals surface area contributed by atoms with Gasteiger partial charge in [-0.05, 0) is 30.7 Å². The van der Waals surface area contributed by atoms with Crippen LogP contribution in [0.15, 0.2) is 42.7 Å². The van der Waals surface area contributed by atoms with E-state index in [1.807, 2.05) is 19.1 Å². The number of ether oxygens (including phenoxy) is 1. The molecule has 7 heteroatoms. The number of amides is 2. The molecule has 2 amide bonds. The highest BCUT2D eigenvalue weighted by Gasteiger charge is 2.17. The second kappa shape index (κ2) is 8.24. The van der Waals surface area contributed by atoms with Gasteiger partial charge in [0.05, 0.1) is 12.6 Å². The number of pyridine rings is 1. The van der Waals surface area contributed by atoms with Crippen LogP contribution in [0.2, 0.25) is 0 Å². The normalized spacial score (nSPS) is 11.7. The largest absolute Gasteiger partial charge is 0.489 e. The topological polar surface area (TPSA) is 54.5 Å². The number of nitrogens with zero attached hydrogens (tertiary/aromatic N) is 2. The van der Waals surface area contributed by atoms with Crippen LogP contribution in [-0.2, 0) is 0 Å². The van der Waals surface area contributed by atoms with Gasteiger partial charge in [-0.15, -0.1) is 0 Å². The molecule has 0 aliphatic rings. The predicted octanol–water partition coefficient (Wildman–Crippen LogP) is 3.14. The maximum Gasteiger partial charge on any atom is 0.317 e. The Morgan fingerprint density at radius 2 is 2.17 bits per heavy atom. The average molecular weight is 335 g/mol. The lowest BCUT2D eigenvalue weighted by Gasteiger charge is -2.25. The Kier molecular flexibility index (Phi) is 6.06. The molecule has 0 bridgehead atoms. The van der Waals surface area contributed by atoms with Gasteiger partial charge in [0, 0.05) is 25.5 Å². The fraction of sp³-hybridized carbons (Fsp3) is 0.294. The Bertz CT molecular complexity index is 683. The lowest BCUT2D eigenvalue weighted by Crippen LogP contribution is -2.40. The van der Waals surface area contributed by atoms with E-state index in [-0.39, 0.29) is 31.0 Å². The number of aromatic nitrogens is 1. The van der Waals surface area contributed by atoms with Gasteiger partial charge in [-0.1, -0.05) is 6.07 Å². The fourth-order valence-corrected chi connectivity index (χ4v) is 2.06. The first-order valence-corrected chi connectivity index (χ1v) is 7.47. The summed E-state index contributed by atoms with van der Waals surface area (Å²) in [5.74, 6) is -1.49. The number of benzene rings is 1. The van der Waals surface area contributed by atoms with Crippen LogP contribution in [0.5, 0.6) is 5.75 Å². The molecular formula is C17H19F2N3O2. The molecule has 0 saturated carbocycles. The summed E-state index contributed by atoms with van der Waals surface area (Å²) in [6.07, 6.45) is 3.37. The molecule has 0 unspecified atom stereocenters. The molecule has 0 saturated heterocycles. The zero-order valence-electron chi connectivity index (χ0n) is 13.5. The van der Waals surface area contributed by atoms with E-state index < -0.39 is 11.6 Å². The third-order valence-electron chi connectivity index (χ3n) is 3.60. The van der Waals surface area contributed by atoms with Crippen molar-refractivity contribution in [1.29, 1.82) is 0 Å². The number of urea groups is 1. The zero-order valence-corrected chi connectivity index (χ0v) is 13.5. The number of rotatable bonds is 6. The molecular weight excluding hydrogens is 316 g/mol. The van der Waals surface area contributed by atoms with Gasteiger partial charge in [-0.25, -0.2) is 13.6 Å². The molecule has 128 valence electrons. The van der Waals surface area contributed by atoms with Gasteiger partial charge in [-0.2, -0.15) is 0 Å². The second-order valence-corrected chi connectivity index (χ2v) is 5.23. The summed E-state index contributed by atoms with van der Waals surface area (Å²) in [5.41, 5.74) is 0.916. The molecule has 0 aliphatic heterocycles. The van der Waals surface area contributed by atoms with Crippen molar-refractivity contribution in [2.45, 2.75) is 13.0 Å². The number of hydrogen-bond acceptors (Lipinski definition) is 3. The number of hydrogen-bond donors (Lipinski definition) is 1. The van der Waals surface area contributed by atoms with Crippen LogP contribution in [0.1, 0.15) is 18.5 Å². The van der Waals surface area contributed by atoms with E-state index in [2.05, 4.69) is 10.3 Å². The van der Waals surface area contributed by atoms with E-state index in [0.29, 0.717) is 0 Å². The molecule has 1 heterocycles. The van der Waals surface area contributed by atoms with Gasteiger partial charge in [0.1, 0.15) is 12.4 Å². The first kappa shape index (κ1) is 17.7. The predicted molar refractivity (Wildman–Crippen MR) is 85.7 cm³/mol. The fourth-order valence-electron chi connectivity index (χ4n) is 2.06. The molecule has 1 atom stereocenters. The lowest BCUT2D eigenvalue weighted by molar-refractivity contribution is 0.191. The molecule has 1 aromatic heterocycles. The van der Waals surface area contributed by atoms with Crippen LogP contribution in [-0.4, -0.2) is 36.1 Å². The van der Waals surface area contributed by atoms with Crippen LogP contribution >= 0.6 is 0 Å². The molecule has 0 radical (unpaired) electrons. The van der Waals surface area contributed by atoms with Gasteiger partial charge in [0.15, 0.2) is 11.6 Å². The Hall–Kier alpha value is -2.70. The van der Waals surface area contributed by atoms with Crippen LogP contribution in [0.25, 0.3) is 0 Å². The average Bonchev–Trinajstić information content (AvgIpc) is 2.59. The summed E-state index contributed by atoms with van der Waals surface area (Å²) >= 11 is 0. The Morgan fingerprint density at radius 3 is 2.83 bits per heavy atom. The van der Waals surface area contributed by atoms with Crippen molar-refractivity contribution in [2.24, 2.45) is 0 Å². The highest BCUT2D eigenvalue weighted by molar-refractivity contribution is 5.74. The van der Waals surface area contributed by atoms with Crippen LogP contribution in [0.3, 0.4) is 0 Å². The molecule has 1 aromatic carbocycles. The third-order valence-corrected chi connectivity index (χ3v) is 3.60. The van der Waals surface area contributed by atoms with Gasteiger partial charge < -0.3 is 15.0 Å². The van der Waals surface area contributed by atoms with Crippen molar-refractivity contribution in [3.63, 3.8) is 0 Å². The number of carbonyl (C=O) groups is 1. The molecule has 24 heavy (non-hydrogen) atoms. The number of halogens is 2. The van der Waals surface area contributed by atoms with E-state index in [1.54, 1.807) is 19.4 Å². The van der Waals surface area contributed by atoms with Crippen LogP contribution in [0.4, 0.5) is 13.6 Å². The molecule has 2 aromatic rings. The van der Waals surface area contributed by atoms with Gasteiger partial charge in [-0.3, -0.25) is 4.98 Å². The summed E-state index contributed by atoms with van der Waals surface area (Å²) in [5, 5.41) is 2.68. The maximum atomic E-state index is 13.4. The standard InChI is InChI=1S/C17H19F2N3O2/c1-12(13-4-3-7-20-11-13)22(2)17(23)21-8-9-24-16-6-5-14(18)10-15(16)19/h3-7,10-12H,8-9H2,1-2H3,(H,21,23)/t12-/m1/s1. The minimum absolute atomic E-state index is 0.0530. The van der Waals surface area contributed by atoms with E-state index in [0.717, 1.165) is 17.7 Å². The van der Waals surface area contributed by atoms with Crippen LogP contribution in [0, 0.1) is 11.6 Å². The Morgan fingerprint density at radius 1 is 1.38 bits per heavy atom. The monoisotopic (exact) mass is 335 g/mol. The highest BCUT2D eigenvalue weighted by Crippen LogP contribution is 2.18. The minimum Gasteiger partial charge on any atom is -0.489 e. The van der Waals surface area contributed by atoms with Crippen molar-refractivity contribution in [3.05, 3.63) is 59.9 Å². The summed E-state index contributed by atoms with van der Waals surface area (Å²) < 4.78 is 31.4. The minimum atomic E-state index is -0.774. The first-order chi connectivity index (χ1) is 11.5. The van der Waals surface area contributed by atoms with E-state index in [4.69, 9.17) is 4.74 Å². The van der Waals surface area contributed by atoms with E-state index >= 15 is 0 Å². The molecule has 0 fully saturated rings. The molecule has 0 aliphatic carbocycles. The van der Waals surface area contributed by atoms with Crippen molar-refractivity contribution >= 4 is 6.03 Å². The zero-order chi connectivity index (χ0) is 17.5. The second-order valence-electron chi connectivity index (χ2n) is 5.23. The lowest BCUT2D eigenvalue weighted by atomic mass is 10.1.